The lowest BCUT2D eigenvalue weighted by atomic mass is 9.93. The van der Waals surface area contributed by atoms with E-state index in [1.54, 1.807) is 12.1 Å². The molecule has 1 saturated carbocycles. The van der Waals surface area contributed by atoms with Crippen LogP contribution in [0.25, 0.3) is 0 Å². The van der Waals surface area contributed by atoms with Crippen LogP contribution in [0.4, 0.5) is 5.82 Å². The van der Waals surface area contributed by atoms with Gasteiger partial charge in [-0.3, -0.25) is 4.79 Å². The number of carbonyl (C=O) groups excluding carboxylic acids is 1. The maximum atomic E-state index is 12.2. The highest BCUT2D eigenvalue weighted by molar-refractivity contribution is 5.93. The minimum absolute atomic E-state index is 0.00900. The summed E-state index contributed by atoms with van der Waals surface area (Å²) in [6.07, 6.45) is 6.23. The first-order valence-electron chi connectivity index (χ1n) is 6.33. The normalized spacial score (nSPS) is 27.5. The van der Waals surface area contributed by atoms with Crippen molar-refractivity contribution in [3.8, 4) is 0 Å². The average molecular weight is 258 g/mol. The summed E-state index contributed by atoms with van der Waals surface area (Å²) in [5.74, 6) is -0.0144. The Morgan fingerprint density at radius 3 is 2.74 bits per heavy atom. The number of carboxylic acid groups (broad SMARTS) is 1. The molecule has 1 heterocycles. The van der Waals surface area contributed by atoms with Crippen molar-refractivity contribution in [2.45, 2.75) is 12.8 Å². The summed E-state index contributed by atoms with van der Waals surface area (Å²) in [5, 5.41) is 11.6. The Morgan fingerprint density at radius 2 is 2.11 bits per heavy atom. The number of amides is 1. The third-order valence-corrected chi connectivity index (χ3v) is 3.84. The molecular formula is C14H14N2O3. The average Bonchev–Trinajstić information content (AvgIpc) is 3.01. The quantitative estimate of drug-likeness (QED) is 0.812. The van der Waals surface area contributed by atoms with E-state index >= 15 is 0 Å². The molecule has 2 N–H and O–H groups in total. The van der Waals surface area contributed by atoms with Gasteiger partial charge in [0.1, 0.15) is 5.82 Å². The number of allylic oxidation sites excluding steroid dienone is 2. The van der Waals surface area contributed by atoms with Crippen LogP contribution in [-0.2, 0) is 4.79 Å². The molecule has 3 atom stereocenters. The van der Waals surface area contributed by atoms with Gasteiger partial charge in [0.2, 0.25) is 5.91 Å². The molecule has 1 aromatic rings. The molecule has 1 fully saturated rings. The number of aromatic carboxylic acids is 1. The third-order valence-electron chi connectivity index (χ3n) is 3.84. The van der Waals surface area contributed by atoms with Gasteiger partial charge >= 0.3 is 5.97 Å². The smallest absolute Gasteiger partial charge is 0.354 e. The fourth-order valence-electron chi connectivity index (χ4n) is 2.92. The second kappa shape index (κ2) is 4.50. The molecule has 2 bridgehead atoms. The van der Waals surface area contributed by atoms with Crippen LogP contribution in [0.15, 0.2) is 30.4 Å². The van der Waals surface area contributed by atoms with Gasteiger partial charge in [-0.25, -0.2) is 9.78 Å². The molecule has 3 rings (SSSR count). The van der Waals surface area contributed by atoms with Crippen molar-refractivity contribution in [1.82, 2.24) is 4.98 Å². The predicted molar refractivity (Wildman–Crippen MR) is 68.7 cm³/mol. The van der Waals surface area contributed by atoms with E-state index in [4.69, 9.17) is 5.11 Å². The molecule has 1 aromatic heterocycles. The number of rotatable bonds is 3. The molecule has 5 nitrogen and oxygen atoms in total. The summed E-state index contributed by atoms with van der Waals surface area (Å²) in [5.41, 5.74) is -0.0642. The number of fused-ring (bicyclic) bond motifs is 2. The highest BCUT2D eigenvalue weighted by atomic mass is 16.4. The number of aromatic nitrogens is 1. The van der Waals surface area contributed by atoms with Gasteiger partial charge in [-0.2, -0.15) is 0 Å². The number of carbonyl (C=O) groups is 2. The molecule has 0 spiro atoms. The standard InChI is InChI=1S/C14H14N2O3/c17-13(10-7-8-4-5-9(10)6-8)16-12-3-1-2-11(15-12)14(18)19/h1-5,8-10H,6-7H2,(H,18,19)(H,15,16,17). The number of nitrogens with one attached hydrogen (secondary N) is 1. The summed E-state index contributed by atoms with van der Waals surface area (Å²) < 4.78 is 0. The summed E-state index contributed by atoms with van der Waals surface area (Å²) in [6.45, 7) is 0. The molecule has 19 heavy (non-hydrogen) atoms. The predicted octanol–water partition coefficient (Wildman–Crippen LogP) is 1.93. The summed E-state index contributed by atoms with van der Waals surface area (Å²) in [4.78, 5) is 26.9. The van der Waals surface area contributed by atoms with Crippen LogP contribution in [0.3, 0.4) is 0 Å². The van der Waals surface area contributed by atoms with Crippen molar-refractivity contribution in [2.24, 2.45) is 17.8 Å². The van der Waals surface area contributed by atoms with Gasteiger partial charge in [0.25, 0.3) is 0 Å². The Bertz CT molecular complexity index is 568. The van der Waals surface area contributed by atoms with Gasteiger partial charge in [0, 0.05) is 5.92 Å². The van der Waals surface area contributed by atoms with Crippen LogP contribution in [0.1, 0.15) is 23.3 Å². The van der Waals surface area contributed by atoms with Crippen molar-refractivity contribution in [2.75, 3.05) is 5.32 Å². The topological polar surface area (TPSA) is 79.3 Å². The van der Waals surface area contributed by atoms with Gasteiger partial charge in [-0.15, -0.1) is 0 Å². The zero-order valence-corrected chi connectivity index (χ0v) is 10.2. The maximum absolute atomic E-state index is 12.2. The Kier molecular flexibility index (Phi) is 2.81. The second-order valence-electron chi connectivity index (χ2n) is 5.09. The third kappa shape index (κ3) is 2.23. The first-order chi connectivity index (χ1) is 9.13. The maximum Gasteiger partial charge on any atom is 0.354 e. The van der Waals surface area contributed by atoms with E-state index in [2.05, 4.69) is 22.5 Å². The van der Waals surface area contributed by atoms with E-state index in [-0.39, 0.29) is 17.5 Å². The number of pyridine rings is 1. The van der Waals surface area contributed by atoms with Crippen molar-refractivity contribution < 1.29 is 14.7 Å². The van der Waals surface area contributed by atoms with Crippen LogP contribution in [0, 0.1) is 17.8 Å². The largest absolute Gasteiger partial charge is 0.477 e. The van der Waals surface area contributed by atoms with E-state index in [1.807, 2.05) is 0 Å². The molecule has 0 aromatic carbocycles. The van der Waals surface area contributed by atoms with E-state index in [0.29, 0.717) is 17.7 Å². The second-order valence-corrected chi connectivity index (χ2v) is 5.09. The van der Waals surface area contributed by atoms with Gasteiger partial charge in [0.05, 0.1) is 0 Å². The van der Waals surface area contributed by atoms with Gasteiger partial charge in [0.15, 0.2) is 5.69 Å². The monoisotopic (exact) mass is 258 g/mol. The van der Waals surface area contributed by atoms with Gasteiger partial charge in [-0.1, -0.05) is 18.2 Å². The van der Waals surface area contributed by atoms with Crippen LogP contribution in [0.5, 0.6) is 0 Å². The highest BCUT2D eigenvalue weighted by Crippen LogP contribution is 2.43. The number of hydrogen-bond donors (Lipinski definition) is 2. The van der Waals surface area contributed by atoms with E-state index < -0.39 is 5.97 Å². The SMILES string of the molecule is O=C(O)c1cccc(NC(=O)C2CC3C=CC2C3)n1. The molecule has 98 valence electrons. The molecule has 5 heteroatoms. The lowest BCUT2D eigenvalue weighted by Gasteiger charge is -2.17. The Morgan fingerprint density at radius 1 is 1.26 bits per heavy atom. The van der Waals surface area contributed by atoms with Crippen LogP contribution < -0.4 is 5.32 Å². The Labute approximate surface area is 110 Å². The minimum atomic E-state index is -1.10. The first kappa shape index (κ1) is 11.9. The van der Waals surface area contributed by atoms with Crippen LogP contribution >= 0.6 is 0 Å². The van der Waals surface area contributed by atoms with E-state index in [9.17, 15) is 9.59 Å². The van der Waals surface area contributed by atoms with Crippen LogP contribution in [0.2, 0.25) is 0 Å². The van der Waals surface area contributed by atoms with E-state index in [1.165, 1.54) is 6.07 Å². The van der Waals surface area contributed by atoms with Crippen molar-refractivity contribution in [3.05, 3.63) is 36.0 Å². The van der Waals surface area contributed by atoms with Crippen molar-refractivity contribution in [1.29, 1.82) is 0 Å². The number of anilines is 1. The summed E-state index contributed by atoms with van der Waals surface area (Å²) in [7, 11) is 0. The lowest BCUT2D eigenvalue weighted by Crippen LogP contribution is -2.26. The summed E-state index contributed by atoms with van der Waals surface area (Å²) >= 11 is 0. The summed E-state index contributed by atoms with van der Waals surface area (Å²) in [6, 6.07) is 4.58. The molecule has 0 aliphatic heterocycles. The molecular weight excluding hydrogens is 244 g/mol. The van der Waals surface area contributed by atoms with Gasteiger partial charge < -0.3 is 10.4 Å². The highest BCUT2D eigenvalue weighted by Gasteiger charge is 2.39. The molecule has 2 aliphatic carbocycles. The first-order valence-corrected chi connectivity index (χ1v) is 6.33. The molecule has 0 saturated heterocycles. The fourth-order valence-corrected chi connectivity index (χ4v) is 2.92. The number of nitrogens with zero attached hydrogens (tertiary/aromatic N) is 1. The molecule has 3 unspecified atom stereocenters. The number of carboxylic acids is 1. The van der Waals surface area contributed by atoms with Crippen LogP contribution in [-0.4, -0.2) is 22.0 Å². The zero-order chi connectivity index (χ0) is 13.4. The number of hydrogen-bond acceptors (Lipinski definition) is 3. The van der Waals surface area contributed by atoms with Crippen molar-refractivity contribution in [3.63, 3.8) is 0 Å². The lowest BCUT2D eigenvalue weighted by molar-refractivity contribution is -0.120. The molecule has 1 amide bonds. The fraction of sp³-hybridized carbons (Fsp3) is 0.357. The van der Waals surface area contributed by atoms with Gasteiger partial charge in [-0.05, 0) is 36.8 Å². The van der Waals surface area contributed by atoms with E-state index in [0.717, 1.165) is 12.8 Å². The Balaban J connectivity index is 1.71. The molecule has 0 radical (unpaired) electrons. The zero-order valence-electron chi connectivity index (χ0n) is 10.2. The molecule has 2 aliphatic rings. The Hall–Kier alpha value is -2.17. The minimum Gasteiger partial charge on any atom is -0.477 e. The van der Waals surface area contributed by atoms with Crippen molar-refractivity contribution >= 4 is 17.7 Å².